The Bertz CT molecular complexity index is 1450. The molecule has 0 heterocycles. The predicted octanol–water partition coefficient (Wildman–Crippen LogP) is 14.7. The molecular weight excluding hydrogens is 822 g/mol. The lowest BCUT2D eigenvalue weighted by molar-refractivity contribution is -0.870. The standard InChI is InChI=1S/C54H90NO8P/c1-6-8-10-12-14-16-18-20-22-24-26-27-29-30-32-34-36-38-40-42-44-46-53(56)60-50-52(51-62-64(58,59)61-49-48-55(3,4)5)63-54(57)47-45-43-41-39-37-35-33-31-28-25-23-21-19-17-15-13-11-9-7-2/h9,11,15,17-18,20-21,23-24,26,28-31,35,37,41,43,52H,6-8,10,12-14,16,19,22,25,27,32-34,36,38-40,42,44-51H2,1-5H3/p+1/b11-9-,17-15-,20-18-,23-21-,26-24-,30-29-,31-28-,37-35-,43-41-. The molecule has 0 aromatic heterocycles. The van der Waals surface area contributed by atoms with Crippen molar-refractivity contribution in [1.29, 1.82) is 0 Å². The summed E-state index contributed by atoms with van der Waals surface area (Å²) in [6.07, 6.45) is 61.6. The summed E-state index contributed by atoms with van der Waals surface area (Å²) in [5, 5.41) is 0. The largest absolute Gasteiger partial charge is 0.472 e. The van der Waals surface area contributed by atoms with Crippen LogP contribution in [0.25, 0.3) is 0 Å². The molecular formula is C54H91NO8P+. The molecule has 0 aliphatic carbocycles. The number of rotatable bonds is 43. The van der Waals surface area contributed by atoms with Crippen molar-refractivity contribution >= 4 is 19.8 Å². The van der Waals surface area contributed by atoms with Crippen molar-refractivity contribution in [1.82, 2.24) is 0 Å². The van der Waals surface area contributed by atoms with Crippen LogP contribution < -0.4 is 0 Å². The third-order valence-electron chi connectivity index (χ3n) is 9.80. The molecule has 2 unspecified atom stereocenters. The highest BCUT2D eigenvalue weighted by Crippen LogP contribution is 2.43. The van der Waals surface area contributed by atoms with Gasteiger partial charge in [-0.05, 0) is 89.9 Å². The molecule has 0 spiro atoms. The smallest absolute Gasteiger partial charge is 0.462 e. The van der Waals surface area contributed by atoms with E-state index in [9.17, 15) is 19.0 Å². The fraction of sp³-hybridized carbons (Fsp3) is 0.630. The van der Waals surface area contributed by atoms with Crippen molar-refractivity contribution in [2.24, 2.45) is 0 Å². The maximum absolute atomic E-state index is 12.7. The molecule has 10 heteroatoms. The van der Waals surface area contributed by atoms with E-state index in [2.05, 4.69) is 111 Å². The Morgan fingerprint density at radius 3 is 1.39 bits per heavy atom. The number of quaternary nitrogens is 1. The average Bonchev–Trinajstić information content (AvgIpc) is 3.25. The zero-order chi connectivity index (χ0) is 47.1. The quantitative estimate of drug-likeness (QED) is 0.0212. The van der Waals surface area contributed by atoms with Gasteiger partial charge in [0.25, 0.3) is 0 Å². The van der Waals surface area contributed by atoms with Gasteiger partial charge in [-0.2, -0.15) is 0 Å². The molecule has 2 atom stereocenters. The van der Waals surface area contributed by atoms with Gasteiger partial charge in [-0.1, -0.05) is 175 Å². The minimum absolute atomic E-state index is 0.00929. The van der Waals surface area contributed by atoms with E-state index >= 15 is 0 Å². The molecule has 0 bridgehead atoms. The molecule has 364 valence electrons. The Morgan fingerprint density at radius 2 is 0.922 bits per heavy atom. The van der Waals surface area contributed by atoms with Crippen LogP contribution in [0.1, 0.15) is 168 Å². The van der Waals surface area contributed by atoms with Crippen molar-refractivity contribution in [2.75, 3.05) is 47.5 Å². The van der Waals surface area contributed by atoms with Crippen LogP contribution in [0.3, 0.4) is 0 Å². The van der Waals surface area contributed by atoms with Crippen molar-refractivity contribution in [3.8, 4) is 0 Å². The number of allylic oxidation sites excluding steroid dienone is 18. The van der Waals surface area contributed by atoms with Crippen LogP contribution in [0.4, 0.5) is 0 Å². The number of phosphoric ester groups is 1. The minimum Gasteiger partial charge on any atom is -0.462 e. The first kappa shape index (κ1) is 60.7. The molecule has 0 aliphatic rings. The van der Waals surface area contributed by atoms with Crippen LogP contribution >= 0.6 is 7.82 Å². The Labute approximate surface area is 391 Å². The van der Waals surface area contributed by atoms with E-state index in [0.29, 0.717) is 23.9 Å². The Morgan fingerprint density at radius 1 is 0.500 bits per heavy atom. The molecule has 0 aromatic rings. The number of hydrogen-bond donors (Lipinski definition) is 1. The monoisotopic (exact) mass is 913 g/mol. The highest BCUT2D eigenvalue weighted by molar-refractivity contribution is 7.47. The summed E-state index contributed by atoms with van der Waals surface area (Å²) in [7, 11) is 1.40. The van der Waals surface area contributed by atoms with Crippen molar-refractivity contribution in [2.45, 2.75) is 174 Å². The number of carbonyl (C=O) groups excluding carboxylic acids is 2. The molecule has 0 aliphatic heterocycles. The van der Waals surface area contributed by atoms with Crippen LogP contribution in [-0.4, -0.2) is 74.9 Å². The summed E-state index contributed by atoms with van der Waals surface area (Å²) in [6, 6.07) is 0. The summed E-state index contributed by atoms with van der Waals surface area (Å²) >= 11 is 0. The van der Waals surface area contributed by atoms with Gasteiger partial charge in [-0.3, -0.25) is 18.6 Å². The molecule has 0 amide bonds. The van der Waals surface area contributed by atoms with E-state index in [4.69, 9.17) is 18.5 Å². The molecule has 1 N–H and O–H groups in total. The molecule has 0 fully saturated rings. The van der Waals surface area contributed by atoms with E-state index in [1.165, 1.54) is 38.5 Å². The average molecular weight is 913 g/mol. The van der Waals surface area contributed by atoms with Crippen LogP contribution in [0.2, 0.25) is 0 Å². The lowest BCUT2D eigenvalue weighted by atomic mass is 10.1. The molecule has 0 radical (unpaired) electrons. The van der Waals surface area contributed by atoms with E-state index in [1.807, 2.05) is 33.3 Å². The maximum atomic E-state index is 12.7. The van der Waals surface area contributed by atoms with Crippen molar-refractivity contribution < 1.29 is 42.1 Å². The normalized spacial score (nSPS) is 14.4. The van der Waals surface area contributed by atoms with Gasteiger partial charge in [0, 0.05) is 12.8 Å². The molecule has 0 saturated heterocycles. The number of likely N-dealkylation sites (N-methyl/N-ethyl adjacent to an activating group) is 1. The highest BCUT2D eigenvalue weighted by Gasteiger charge is 2.27. The highest BCUT2D eigenvalue weighted by atomic mass is 31.2. The first-order valence-electron chi connectivity index (χ1n) is 24.6. The first-order chi connectivity index (χ1) is 31.0. The van der Waals surface area contributed by atoms with Gasteiger partial charge in [0.2, 0.25) is 0 Å². The van der Waals surface area contributed by atoms with Crippen molar-refractivity contribution in [3.63, 3.8) is 0 Å². The molecule has 0 aromatic carbocycles. The first-order valence-corrected chi connectivity index (χ1v) is 26.1. The Kier molecular flexibility index (Phi) is 42.5. The zero-order valence-corrected chi connectivity index (χ0v) is 41.9. The predicted molar refractivity (Wildman–Crippen MR) is 270 cm³/mol. The lowest BCUT2D eigenvalue weighted by Crippen LogP contribution is -2.37. The van der Waals surface area contributed by atoms with Gasteiger partial charge in [-0.25, -0.2) is 4.57 Å². The molecule has 64 heavy (non-hydrogen) atoms. The van der Waals surface area contributed by atoms with Gasteiger partial charge < -0.3 is 18.9 Å². The molecule has 0 rings (SSSR count). The fourth-order valence-electron chi connectivity index (χ4n) is 5.99. The third kappa shape index (κ3) is 48.1. The molecule has 9 nitrogen and oxygen atoms in total. The van der Waals surface area contributed by atoms with Crippen LogP contribution in [0, 0.1) is 0 Å². The Balaban J connectivity index is 4.45. The van der Waals surface area contributed by atoms with Gasteiger partial charge in [0.15, 0.2) is 6.10 Å². The summed E-state index contributed by atoms with van der Waals surface area (Å²) in [6.45, 7) is 4.18. The second-order valence-corrected chi connectivity index (χ2v) is 18.6. The summed E-state index contributed by atoms with van der Waals surface area (Å²) in [5.41, 5.74) is 0. The number of carbonyl (C=O) groups is 2. The summed E-state index contributed by atoms with van der Waals surface area (Å²) < 4.78 is 34.3. The molecule has 0 saturated carbocycles. The Hall–Kier alpha value is -3.33. The topological polar surface area (TPSA) is 108 Å². The number of ether oxygens (including phenoxy) is 2. The zero-order valence-electron chi connectivity index (χ0n) is 41.0. The van der Waals surface area contributed by atoms with Crippen LogP contribution in [-0.2, 0) is 32.7 Å². The summed E-state index contributed by atoms with van der Waals surface area (Å²) in [5.74, 6) is -0.921. The van der Waals surface area contributed by atoms with E-state index in [1.54, 1.807) is 0 Å². The van der Waals surface area contributed by atoms with E-state index < -0.39 is 32.5 Å². The summed E-state index contributed by atoms with van der Waals surface area (Å²) in [4.78, 5) is 35.5. The van der Waals surface area contributed by atoms with Gasteiger partial charge in [0.05, 0.1) is 27.7 Å². The van der Waals surface area contributed by atoms with Gasteiger partial charge >= 0.3 is 19.8 Å². The number of unbranched alkanes of at least 4 members (excludes halogenated alkanes) is 11. The maximum Gasteiger partial charge on any atom is 0.472 e. The third-order valence-corrected chi connectivity index (χ3v) is 10.8. The number of hydrogen-bond acceptors (Lipinski definition) is 7. The van der Waals surface area contributed by atoms with Crippen LogP contribution in [0.15, 0.2) is 109 Å². The lowest BCUT2D eigenvalue weighted by Gasteiger charge is -2.24. The van der Waals surface area contributed by atoms with E-state index in [-0.39, 0.29) is 26.1 Å². The van der Waals surface area contributed by atoms with Crippen molar-refractivity contribution in [3.05, 3.63) is 109 Å². The number of phosphoric acid groups is 1. The van der Waals surface area contributed by atoms with Gasteiger partial charge in [-0.15, -0.1) is 0 Å². The van der Waals surface area contributed by atoms with E-state index in [0.717, 1.165) is 89.9 Å². The second-order valence-electron chi connectivity index (χ2n) is 17.1. The second kappa shape index (κ2) is 44.9. The number of esters is 2. The van der Waals surface area contributed by atoms with Crippen LogP contribution in [0.5, 0.6) is 0 Å². The van der Waals surface area contributed by atoms with Gasteiger partial charge in [0.1, 0.15) is 19.8 Å². The fourth-order valence-corrected chi connectivity index (χ4v) is 6.73. The minimum atomic E-state index is -4.41. The SMILES string of the molecule is CC/C=C\C/C=C\C/C=C\C/C=C\C/C=C\C/C=C\CCC(=O)OC(COC(=O)CCCCCCCC/C=C\C/C=C\C/C=C\CCCCCCC)COP(=O)(O)OCC[N+](C)(C)C. The number of nitrogens with zero attached hydrogens (tertiary/aromatic N) is 1.